The van der Waals surface area contributed by atoms with Gasteiger partial charge in [-0.25, -0.2) is 4.79 Å². The topological polar surface area (TPSA) is 50.2 Å². The van der Waals surface area contributed by atoms with Crippen molar-refractivity contribution in [1.82, 2.24) is 4.98 Å². The molecule has 12 heavy (non-hydrogen) atoms. The second-order valence-electron chi connectivity index (χ2n) is 2.31. The van der Waals surface area contributed by atoms with Gasteiger partial charge in [0.2, 0.25) is 0 Å². The largest absolute Gasteiger partial charge is 0.478 e. The molecule has 0 radical (unpaired) electrons. The third-order valence-corrected chi connectivity index (χ3v) is 2.19. The van der Waals surface area contributed by atoms with Crippen molar-refractivity contribution in [1.29, 1.82) is 0 Å². The summed E-state index contributed by atoms with van der Waals surface area (Å²) in [5.41, 5.74) is 1.08. The van der Waals surface area contributed by atoms with Crippen LogP contribution in [0.5, 0.6) is 0 Å². The van der Waals surface area contributed by atoms with Crippen molar-refractivity contribution in [3.05, 3.63) is 28.0 Å². The predicted molar refractivity (Wildman–Crippen MR) is 48.3 cm³/mol. The number of carbonyl (C=O) groups is 1. The molecule has 0 aromatic carbocycles. The molecule has 0 atom stereocenters. The van der Waals surface area contributed by atoms with Gasteiger partial charge in [0.25, 0.3) is 0 Å². The minimum Gasteiger partial charge on any atom is -0.478 e. The molecule has 1 aromatic heterocycles. The summed E-state index contributed by atoms with van der Waals surface area (Å²) in [6, 6.07) is 1.56. The summed E-state index contributed by atoms with van der Waals surface area (Å²) in [4.78, 5) is 14.5. The van der Waals surface area contributed by atoms with Crippen LogP contribution < -0.4 is 0 Å². The van der Waals surface area contributed by atoms with E-state index in [4.69, 9.17) is 5.11 Å². The van der Waals surface area contributed by atoms with E-state index in [1.165, 1.54) is 6.20 Å². The Labute approximate surface area is 78.6 Å². The van der Waals surface area contributed by atoms with Crippen LogP contribution in [-0.2, 0) is 6.42 Å². The molecule has 0 saturated heterocycles. The quantitative estimate of drug-likeness (QED) is 0.846. The Bertz CT molecular complexity index is 312. The van der Waals surface area contributed by atoms with Crippen LogP contribution in [0.3, 0.4) is 0 Å². The van der Waals surface area contributed by atoms with Gasteiger partial charge in [0.1, 0.15) is 0 Å². The molecule has 0 saturated carbocycles. The summed E-state index contributed by atoms with van der Waals surface area (Å²) >= 11 is 3.25. The van der Waals surface area contributed by atoms with E-state index in [1.54, 1.807) is 6.07 Å². The number of hydrogen-bond acceptors (Lipinski definition) is 2. The first-order chi connectivity index (χ1) is 5.65. The highest BCUT2D eigenvalue weighted by Gasteiger charge is 2.05. The van der Waals surface area contributed by atoms with Crippen molar-refractivity contribution in [2.24, 2.45) is 0 Å². The molecule has 1 N–H and O–H groups in total. The standard InChI is InChI=1S/C8H8BrNO2/c1-2-7-6(9)3-5(4-10-7)8(11)12/h3-4H,2H2,1H3,(H,11,12). The Kier molecular flexibility index (Phi) is 2.81. The number of carboxylic acids is 1. The highest BCUT2D eigenvalue weighted by molar-refractivity contribution is 9.10. The van der Waals surface area contributed by atoms with Gasteiger partial charge in [-0.05, 0) is 28.4 Å². The molecule has 1 aromatic rings. The highest BCUT2D eigenvalue weighted by atomic mass is 79.9. The van der Waals surface area contributed by atoms with E-state index in [0.29, 0.717) is 0 Å². The third kappa shape index (κ3) is 1.82. The lowest BCUT2D eigenvalue weighted by Gasteiger charge is -2.00. The zero-order valence-electron chi connectivity index (χ0n) is 6.54. The second-order valence-corrected chi connectivity index (χ2v) is 3.17. The summed E-state index contributed by atoms with van der Waals surface area (Å²) < 4.78 is 0.755. The molecule has 1 heterocycles. The van der Waals surface area contributed by atoms with Crippen LogP contribution in [-0.4, -0.2) is 16.1 Å². The number of aryl methyl sites for hydroxylation is 1. The Morgan fingerprint density at radius 1 is 1.75 bits per heavy atom. The molecule has 0 fully saturated rings. The van der Waals surface area contributed by atoms with Gasteiger partial charge in [-0.3, -0.25) is 4.98 Å². The van der Waals surface area contributed by atoms with E-state index in [9.17, 15) is 4.79 Å². The average molecular weight is 230 g/mol. The first-order valence-electron chi connectivity index (χ1n) is 3.53. The maximum Gasteiger partial charge on any atom is 0.337 e. The molecule has 3 nitrogen and oxygen atoms in total. The molecule has 0 spiro atoms. The predicted octanol–water partition coefficient (Wildman–Crippen LogP) is 2.10. The Morgan fingerprint density at radius 2 is 2.42 bits per heavy atom. The SMILES string of the molecule is CCc1ncc(C(=O)O)cc1Br. The number of aromatic nitrogens is 1. The molecule has 0 aliphatic rings. The molecular formula is C8H8BrNO2. The lowest BCUT2D eigenvalue weighted by atomic mass is 10.2. The smallest absolute Gasteiger partial charge is 0.337 e. The molecule has 1 rings (SSSR count). The summed E-state index contributed by atoms with van der Waals surface area (Å²) in [5, 5.41) is 8.61. The van der Waals surface area contributed by atoms with Crippen LogP contribution in [0.4, 0.5) is 0 Å². The van der Waals surface area contributed by atoms with Gasteiger partial charge in [-0.1, -0.05) is 6.92 Å². The number of halogens is 1. The molecule has 0 unspecified atom stereocenters. The fourth-order valence-electron chi connectivity index (χ4n) is 0.843. The highest BCUT2D eigenvalue weighted by Crippen LogP contribution is 2.16. The van der Waals surface area contributed by atoms with Crippen LogP contribution in [0.2, 0.25) is 0 Å². The maximum atomic E-state index is 10.5. The van der Waals surface area contributed by atoms with Crippen LogP contribution in [0.1, 0.15) is 23.0 Å². The molecule has 0 aliphatic carbocycles. The Balaban J connectivity index is 3.10. The number of pyridine rings is 1. The van der Waals surface area contributed by atoms with Crippen LogP contribution in [0, 0.1) is 0 Å². The van der Waals surface area contributed by atoms with Crippen LogP contribution in [0.15, 0.2) is 16.7 Å². The number of nitrogens with zero attached hydrogens (tertiary/aromatic N) is 1. The third-order valence-electron chi connectivity index (χ3n) is 1.50. The summed E-state index contributed by atoms with van der Waals surface area (Å²) in [7, 11) is 0. The molecule has 64 valence electrons. The lowest BCUT2D eigenvalue weighted by Crippen LogP contribution is -1.99. The van der Waals surface area contributed by atoms with E-state index in [2.05, 4.69) is 20.9 Å². The van der Waals surface area contributed by atoms with E-state index >= 15 is 0 Å². The van der Waals surface area contributed by atoms with E-state index in [1.807, 2.05) is 6.92 Å². The van der Waals surface area contributed by atoms with Crippen LogP contribution in [0.25, 0.3) is 0 Å². The number of carboxylic acid groups (broad SMARTS) is 1. The zero-order valence-corrected chi connectivity index (χ0v) is 8.13. The minimum absolute atomic E-state index is 0.207. The fourth-order valence-corrected chi connectivity index (χ4v) is 1.47. The molecule has 0 bridgehead atoms. The van der Waals surface area contributed by atoms with Crippen molar-refractivity contribution in [2.75, 3.05) is 0 Å². The van der Waals surface area contributed by atoms with Crippen molar-refractivity contribution in [2.45, 2.75) is 13.3 Å². The maximum absolute atomic E-state index is 10.5. The Morgan fingerprint density at radius 3 is 2.83 bits per heavy atom. The molecule has 4 heteroatoms. The molecular weight excluding hydrogens is 222 g/mol. The van der Waals surface area contributed by atoms with Crippen molar-refractivity contribution < 1.29 is 9.90 Å². The first kappa shape index (κ1) is 9.19. The van der Waals surface area contributed by atoms with E-state index < -0.39 is 5.97 Å². The van der Waals surface area contributed by atoms with Crippen molar-refractivity contribution >= 4 is 21.9 Å². The lowest BCUT2D eigenvalue weighted by molar-refractivity contribution is 0.0696. The summed E-state index contributed by atoms with van der Waals surface area (Å²) in [5.74, 6) is -0.953. The number of rotatable bonds is 2. The zero-order chi connectivity index (χ0) is 9.14. The molecule has 0 amide bonds. The van der Waals surface area contributed by atoms with Gasteiger partial charge in [-0.15, -0.1) is 0 Å². The van der Waals surface area contributed by atoms with Gasteiger partial charge in [0, 0.05) is 10.7 Å². The van der Waals surface area contributed by atoms with Crippen molar-refractivity contribution in [3.8, 4) is 0 Å². The van der Waals surface area contributed by atoms with Gasteiger partial charge in [0.15, 0.2) is 0 Å². The fraction of sp³-hybridized carbons (Fsp3) is 0.250. The van der Waals surface area contributed by atoms with Gasteiger partial charge >= 0.3 is 5.97 Å². The average Bonchev–Trinajstić information content (AvgIpc) is 2.04. The van der Waals surface area contributed by atoms with Gasteiger partial charge in [0.05, 0.1) is 11.3 Å². The van der Waals surface area contributed by atoms with E-state index in [-0.39, 0.29) is 5.56 Å². The normalized spacial score (nSPS) is 9.83. The van der Waals surface area contributed by atoms with Gasteiger partial charge < -0.3 is 5.11 Å². The summed E-state index contributed by atoms with van der Waals surface area (Å²) in [6.07, 6.45) is 2.16. The van der Waals surface area contributed by atoms with E-state index in [0.717, 1.165) is 16.6 Å². The number of hydrogen-bond donors (Lipinski definition) is 1. The monoisotopic (exact) mass is 229 g/mol. The van der Waals surface area contributed by atoms with Crippen LogP contribution >= 0.6 is 15.9 Å². The first-order valence-corrected chi connectivity index (χ1v) is 4.32. The minimum atomic E-state index is -0.953. The Hall–Kier alpha value is -0.900. The number of aromatic carboxylic acids is 1. The van der Waals surface area contributed by atoms with Crippen molar-refractivity contribution in [3.63, 3.8) is 0 Å². The molecule has 0 aliphatic heterocycles. The van der Waals surface area contributed by atoms with Gasteiger partial charge in [-0.2, -0.15) is 0 Å². The second kappa shape index (κ2) is 3.67. The summed E-state index contributed by atoms with van der Waals surface area (Å²) in [6.45, 7) is 1.97.